The van der Waals surface area contributed by atoms with E-state index < -0.39 is 0 Å². The van der Waals surface area contributed by atoms with Gasteiger partial charge in [0.25, 0.3) is 0 Å². The third-order valence-corrected chi connectivity index (χ3v) is 2.66. The van der Waals surface area contributed by atoms with E-state index >= 15 is 0 Å². The zero-order chi connectivity index (χ0) is 11.0. The van der Waals surface area contributed by atoms with Gasteiger partial charge in [-0.05, 0) is 38.0 Å². The SMILES string of the molecule is Cc1cc(C)c2c(c1)OC(C)C/C2=N\O. The van der Waals surface area contributed by atoms with Crippen molar-refractivity contribution in [1.29, 1.82) is 0 Å². The topological polar surface area (TPSA) is 41.8 Å². The Morgan fingerprint density at radius 1 is 1.40 bits per heavy atom. The van der Waals surface area contributed by atoms with Gasteiger partial charge in [0, 0.05) is 12.0 Å². The van der Waals surface area contributed by atoms with E-state index in [0.717, 1.165) is 28.2 Å². The molecule has 15 heavy (non-hydrogen) atoms. The summed E-state index contributed by atoms with van der Waals surface area (Å²) >= 11 is 0. The molecule has 0 fully saturated rings. The third-order valence-electron chi connectivity index (χ3n) is 2.66. The number of fused-ring (bicyclic) bond motifs is 1. The lowest BCUT2D eigenvalue weighted by Gasteiger charge is -2.25. The van der Waals surface area contributed by atoms with E-state index in [1.165, 1.54) is 0 Å². The molecule has 0 saturated carbocycles. The lowest BCUT2D eigenvalue weighted by molar-refractivity contribution is 0.218. The predicted molar refractivity (Wildman–Crippen MR) is 58.9 cm³/mol. The fourth-order valence-corrected chi connectivity index (χ4v) is 2.11. The highest BCUT2D eigenvalue weighted by molar-refractivity contribution is 6.04. The fraction of sp³-hybridized carbons (Fsp3) is 0.417. The lowest BCUT2D eigenvalue weighted by Crippen LogP contribution is -2.25. The highest BCUT2D eigenvalue weighted by Crippen LogP contribution is 2.31. The average Bonchev–Trinajstić information content (AvgIpc) is 2.14. The van der Waals surface area contributed by atoms with Crippen LogP contribution in [0.25, 0.3) is 0 Å². The zero-order valence-electron chi connectivity index (χ0n) is 9.24. The summed E-state index contributed by atoms with van der Waals surface area (Å²) in [5, 5.41) is 12.3. The minimum atomic E-state index is 0.0737. The van der Waals surface area contributed by atoms with Gasteiger partial charge in [-0.1, -0.05) is 11.2 Å². The number of aryl methyl sites for hydroxylation is 2. The summed E-state index contributed by atoms with van der Waals surface area (Å²) in [6.07, 6.45) is 0.734. The second-order valence-corrected chi connectivity index (χ2v) is 4.13. The van der Waals surface area contributed by atoms with E-state index in [0.29, 0.717) is 6.42 Å². The van der Waals surface area contributed by atoms with Crippen molar-refractivity contribution in [3.8, 4) is 5.75 Å². The number of nitrogens with zero attached hydrogens (tertiary/aromatic N) is 1. The van der Waals surface area contributed by atoms with Crippen LogP contribution in [0.3, 0.4) is 0 Å². The third kappa shape index (κ3) is 1.69. The van der Waals surface area contributed by atoms with Crippen LogP contribution in [0.4, 0.5) is 0 Å². The molecule has 2 rings (SSSR count). The number of hydrogen-bond donors (Lipinski definition) is 1. The zero-order valence-corrected chi connectivity index (χ0v) is 9.24. The molecule has 1 unspecified atom stereocenters. The van der Waals surface area contributed by atoms with E-state index in [9.17, 15) is 0 Å². The standard InChI is InChI=1S/C12H15NO2/c1-7-4-8(2)12-10(13-14)6-9(3)15-11(12)5-7/h4-5,9,14H,6H2,1-3H3/b13-10+. The molecule has 1 aromatic rings. The molecule has 0 radical (unpaired) electrons. The average molecular weight is 205 g/mol. The Morgan fingerprint density at radius 3 is 2.80 bits per heavy atom. The second-order valence-electron chi connectivity index (χ2n) is 4.13. The number of ether oxygens (including phenoxy) is 1. The highest BCUT2D eigenvalue weighted by atomic mass is 16.5. The smallest absolute Gasteiger partial charge is 0.129 e. The van der Waals surface area contributed by atoms with Crippen molar-refractivity contribution in [1.82, 2.24) is 0 Å². The molecule has 1 heterocycles. The van der Waals surface area contributed by atoms with Crippen molar-refractivity contribution in [2.45, 2.75) is 33.3 Å². The number of hydrogen-bond acceptors (Lipinski definition) is 3. The first kappa shape index (κ1) is 10.0. The predicted octanol–water partition coefficient (Wildman–Crippen LogP) is 2.65. The van der Waals surface area contributed by atoms with Gasteiger partial charge in [0.05, 0.1) is 5.71 Å². The Bertz CT molecular complexity index is 424. The van der Waals surface area contributed by atoms with Crippen molar-refractivity contribution >= 4 is 5.71 Å². The highest BCUT2D eigenvalue weighted by Gasteiger charge is 2.24. The summed E-state index contributed by atoms with van der Waals surface area (Å²) in [6, 6.07) is 4.06. The molecule has 1 atom stereocenters. The van der Waals surface area contributed by atoms with Crippen LogP contribution >= 0.6 is 0 Å². The minimum Gasteiger partial charge on any atom is -0.490 e. The maximum atomic E-state index is 8.98. The van der Waals surface area contributed by atoms with Crippen LogP contribution in [0.5, 0.6) is 5.75 Å². The maximum absolute atomic E-state index is 8.98. The largest absolute Gasteiger partial charge is 0.490 e. The monoisotopic (exact) mass is 205 g/mol. The quantitative estimate of drug-likeness (QED) is 0.522. The van der Waals surface area contributed by atoms with Crippen LogP contribution in [0.2, 0.25) is 0 Å². The first-order valence-corrected chi connectivity index (χ1v) is 5.11. The van der Waals surface area contributed by atoms with E-state index in [-0.39, 0.29) is 6.10 Å². The van der Waals surface area contributed by atoms with Crippen molar-refractivity contribution in [3.05, 3.63) is 28.8 Å². The Labute approximate surface area is 89.4 Å². The van der Waals surface area contributed by atoms with Crippen molar-refractivity contribution in [2.75, 3.05) is 0 Å². The Hall–Kier alpha value is -1.51. The van der Waals surface area contributed by atoms with Crippen molar-refractivity contribution in [3.63, 3.8) is 0 Å². The summed E-state index contributed by atoms with van der Waals surface area (Å²) in [6.45, 7) is 6.02. The Balaban J connectivity index is 2.61. The number of rotatable bonds is 0. The summed E-state index contributed by atoms with van der Waals surface area (Å²) in [4.78, 5) is 0. The van der Waals surface area contributed by atoms with Gasteiger partial charge >= 0.3 is 0 Å². The van der Waals surface area contributed by atoms with E-state index in [2.05, 4.69) is 11.2 Å². The summed E-state index contributed by atoms with van der Waals surface area (Å²) < 4.78 is 5.73. The molecule has 0 bridgehead atoms. The molecule has 0 aromatic heterocycles. The van der Waals surface area contributed by atoms with Gasteiger partial charge in [-0.2, -0.15) is 0 Å². The van der Waals surface area contributed by atoms with E-state index in [1.807, 2.05) is 26.8 Å². The fourth-order valence-electron chi connectivity index (χ4n) is 2.11. The Kier molecular flexibility index (Phi) is 2.39. The summed E-state index contributed by atoms with van der Waals surface area (Å²) in [5.74, 6) is 0.832. The van der Waals surface area contributed by atoms with Gasteiger partial charge in [0.1, 0.15) is 11.9 Å². The van der Waals surface area contributed by atoms with Crippen molar-refractivity contribution in [2.24, 2.45) is 5.16 Å². The van der Waals surface area contributed by atoms with Gasteiger partial charge in [-0.15, -0.1) is 0 Å². The molecule has 80 valence electrons. The summed E-state index contributed by atoms with van der Waals surface area (Å²) in [5.41, 5.74) is 3.93. The number of benzene rings is 1. The molecule has 1 aliphatic heterocycles. The first-order valence-electron chi connectivity index (χ1n) is 5.11. The molecular formula is C12H15NO2. The van der Waals surface area contributed by atoms with Crippen LogP contribution in [0.1, 0.15) is 30.0 Å². The van der Waals surface area contributed by atoms with Crippen molar-refractivity contribution < 1.29 is 9.94 Å². The maximum Gasteiger partial charge on any atom is 0.129 e. The normalized spacial score (nSPS) is 22.3. The molecule has 1 aliphatic rings. The van der Waals surface area contributed by atoms with Gasteiger partial charge in [0.2, 0.25) is 0 Å². The number of oxime groups is 1. The summed E-state index contributed by atoms with van der Waals surface area (Å²) in [7, 11) is 0. The van der Waals surface area contributed by atoms with Crippen LogP contribution < -0.4 is 4.74 Å². The molecule has 0 saturated heterocycles. The van der Waals surface area contributed by atoms with E-state index in [4.69, 9.17) is 9.94 Å². The molecule has 3 nitrogen and oxygen atoms in total. The molecule has 0 spiro atoms. The van der Waals surface area contributed by atoms with Gasteiger partial charge in [0.15, 0.2) is 0 Å². The Morgan fingerprint density at radius 2 is 2.13 bits per heavy atom. The molecule has 0 amide bonds. The van der Waals surface area contributed by atoms with Gasteiger partial charge in [-0.25, -0.2) is 0 Å². The van der Waals surface area contributed by atoms with Gasteiger partial charge < -0.3 is 9.94 Å². The van der Waals surface area contributed by atoms with Crippen LogP contribution in [0, 0.1) is 13.8 Å². The van der Waals surface area contributed by atoms with Crippen LogP contribution in [-0.2, 0) is 0 Å². The van der Waals surface area contributed by atoms with Gasteiger partial charge in [-0.3, -0.25) is 0 Å². The lowest BCUT2D eigenvalue weighted by atomic mass is 9.95. The van der Waals surface area contributed by atoms with Crippen LogP contribution in [0.15, 0.2) is 17.3 Å². The molecular weight excluding hydrogens is 190 g/mol. The molecule has 1 N–H and O–H groups in total. The first-order chi connectivity index (χ1) is 7.11. The van der Waals surface area contributed by atoms with E-state index in [1.54, 1.807) is 0 Å². The second kappa shape index (κ2) is 3.57. The molecule has 0 aliphatic carbocycles. The van der Waals surface area contributed by atoms with Crippen LogP contribution in [-0.4, -0.2) is 17.0 Å². The molecule has 3 heteroatoms. The molecule has 1 aromatic carbocycles. The minimum absolute atomic E-state index is 0.0737.